The van der Waals surface area contributed by atoms with E-state index < -0.39 is 12.1 Å². The van der Waals surface area contributed by atoms with Crippen molar-refractivity contribution in [1.82, 2.24) is 4.98 Å². The van der Waals surface area contributed by atoms with Crippen LogP contribution in [0.25, 0.3) is 0 Å². The van der Waals surface area contributed by atoms with E-state index in [9.17, 15) is 4.79 Å². The first-order valence-electron chi connectivity index (χ1n) is 4.74. The first-order valence-corrected chi connectivity index (χ1v) is 4.74. The van der Waals surface area contributed by atoms with Crippen LogP contribution in [0.4, 0.5) is 5.69 Å². The number of rotatable bonds is 5. The van der Waals surface area contributed by atoms with Gasteiger partial charge in [0.2, 0.25) is 0 Å². The van der Waals surface area contributed by atoms with E-state index in [1.165, 1.54) is 19.4 Å². The Morgan fingerprint density at radius 3 is 3.06 bits per heavy atom. The van der Waals surface area contributed by atoms with Gasteiger partial charge in [0.25, 0.3) is 0 Å². The van der Waals surface area contributed by atoms with Crippen LogP contribution in [-0.4, -0.2) is 47.5 Å². The molecule has 0 spiro atoms. The Balaban J connectivity index is 2.64. The van der Waals surface area contributed by atoms with Gasteiger partial charge < -0.3 is 20.3 Å². The molecule has 16 heavy (non-hydrogen) atoms. The molecule has 0 aliphatic rings. The highest BCUT2D eigenvalue weighted by Crippen LogP contribution is 2.08. The summed E-state index contributed by atoms with van der Waals surface area (Å²) in [5.74, 6) is -0.522. The molecule has 0 aliphatic carbocycles. The van der Waals surface area contributed by atoms with Crippen molar-refractivity contribution >= 4 is 11.7 Å². The highest BCUT2D eigenvalue weighted by molar-refractivity contribution is 5.88. The second kappa shape index (κ2) is 6.04. The molecule has 0 aromatic carbocycles. The lowest BCUT2D eigenvalue weighted by atomic mass is 10.3. The molecule has 6 nitrogen and oxygen atoms in total. The van der Waals surface area contributed by atoms with Crippen LogP contribution >= 0.6 is 0 Å². The maximum Gasteiger partial charge on any atom is 0.356 e. The van der Waals surface area contributed by atoms with Crippen LogP contribution in [0.5, 0.6) is 0 Å². The zero-order chi connectivity index (χ0) is 12.0. The molecule has 0 radical (unpaired) electrons. The van der Waals surface area contributed by atoms with E-state index in [1.54, 1.807) is 6.07 Å². The highest BCUT2D eigenvalue weighted by atomic mass is 16.5. The molecule has 88 valence electrons. The number of carbonyl (C=O) groups excluding carboxylic acids is 1. The van der Waals surface area contributed by atoms with E-state index in [0.717, 1.165) is 0 Å². The molecule has 0 bridgehead atoms. The predicted molar refractivity (Wildman–Crippen MR) is 57.2 cm³/mol. The highest BCUT2D eigenvalue weighted by Gasteiger charge is 2.08. The first-order chi connectivity index (χ1) is 7.67. The average Bonchev–Trinajstić information content (AvgIpc) is 2.35. The van der Waals surface area contributed by atoms with Crippen molar-refractivity contribution in [3.05, 3.63) is 24.0 Å². The van der Waals surface area contributed by atoms with Crippen molar-refractivity contribution < 1.29 is 19.7 Å². The number of nitrogens with zero attached hydrogens (tertiary/aromatic N) is 1. The molecular weight excluding hydrogens is 212 g/mol. The van der Waals surface area contributed by atoms with E-state index >= 15 is 0 Å². The van der Waals surface area contributed by atoms with Crippen molar-refractivity contribution in [3.63, 3.8) is 0 Å². The number of hydrogen-bond donors (Lipinski definition) is 3. The monoisotopic (exact) mass is 226 g/mol. The fourth-order valence-electron chi connectivity index (χ4n) is 1.06. The van der Waals surface area contributed by atoms with Gasteiger partial charge >= 0.3 is 5.97 Å². The van der Waals surface area contributed by atoms with Gasteiger partial charge in [-0.25, -0.2) is 9.78 Å². The van der Waals surface area contributed by atoms with E-state index in [2.05, 4.69) is 15.0 Å². The summed E-state index contributed by atoms with van der Waals surface area (Å²) in [7, 11) is 1.28. The third kappa shape index (κ3) is 3.48. The van der Waals surface area contributed by atoms with Gasteiger partial charge in [-0.05, 0) is 12.1 Å². The summed E-state index contributed by atoms with van der Waals surface area (Å²) < 4.78 is 4.52. The molecule has 1 atom stereocenters. The van der Waals surface area contributed by atoms with Crippen LogP contribution in [0.3, 0.4) is 0 Å². The number of nitrogens with one attached hydrogen (secondary N) is 1. The van der Waals surface area contributed by atoms with Gasteiger partial charge in [0, 0.05) is 18.4 Å². The number of hydrogen-bond acceptors (Lipinski definition) is 6. The number of aliphatic hydroxyl groups excluding tert-OH is 2. The molecule has 1 aromatic heterocycles. The Kier molecular flexibility index (Phi) is 4.68. The lowest BCUT2D eigenvalue weighted by molar-refractivity contribution is 0.0594. The number of carbonyl (C=O) groups is 1. The van der Waals surface area contributed by atoms with Gasteiger partial charge in [0.1, 0.15) is 5.69 Å². The topological polar surface area (TPSA) is 91.7 Å². The Bertz CT molecular complexity index is 356. The molecule has 1 aromatic rings. The zero-order valence-electron chi connectivity index (χ0n) is 8.88. The van der Waals surface area contributed by atoms with Crippen molar-refractivity contribution in [2.45, 2.75) is 6.10 Å². The second-order valence-corrected chi connectivity index (χ2v) is 3.14. The number of pyridine rings is 1. The third-order valence-electron chi connectivity index (χ3n) is 1.91. The first kappa shape index (κ1) is 12.4. The number of ether oxygens (including phenoxy) is 1. The zero-order valence-corrected chi connectivity index (χ0v) is 8.88. The van der Waals surface area contributed by atoms with Crippen molar-refractivity contribution in [2.24, 2.45) is 0 Å². The van der Waals surface area contributed by atoms with Crippen molar-refractivity contribution in [1.29, 1.82) is 0 Å². The molecule has 0 amide bonds. The van der Waals surface area contributed by atoms with E-state index in [0.29, 0.717) is 5.69 Å². The quantitative estimate of drug-likeness (QED) is 0.593. The maximum absolute atomic E-state index is 11.2. The number of aromatic nitrogens is 1. The van der Waals surface area contributed by atoms with Crippen LogP contribution in [0.1, 0.15) is 10.5 Å². The summed E-state index contributed by atoms with van der Waals surface area (Å²) in [6.07, 6.45) is 0.620. The van der Waals surface area contributed by atoms with Gasteiger partial charge in [0.05, 0.1) is 19.8 Å². The van der Waals surface area contributed by atoms with Crippen LogP contribution in [0.15, 0.2) is 18.3 Å². The van der Waals surface area contributed by atoms with Crippen LogP contribution in [0, 0.1) is 0 Å². The van der Waals surface area contributed by atoms with Crippen LogP contribution < -0.4 is 5.32 Å². The molecule has 1 heterocycles. The van der Waals surface area contributed by atoms with E-state index in [4.69, 9.17) is 10.2 Å². The van der Waals surface area contributed by atoms with Gasteiger partial charge in [0.15, 0.2) is 0 Å². The number of esters is 1. The minimum absolute atomic E-state index is 0.186. The Labute approximate surface area is 92.9 Å². The van der Waals surface area contributed by atoms with Crippen LogP contribution in [0.2, 0.25) is 0 Å². The fourth-order valence-corrected chi connectivity index (χ4v) is 1.06. The van der Waals surface area contributed by atoms with Gasteiger partial charge in [-0.3, -0.25) is 0 Å². The predicted octanol–water partition coefficient (Wildman–Crippen LogP) is -0.367. The molecule has 0 saturated carbocycles. The molecule has 1 rings (SSSR count). The Hall–Kier alpha value is -1.66. The van der Waals surface area contributed by atoms with Crippen LogP contribution in [-0.2, 0) is 4.74 Å². The molecule has 3 N–H and O–H groups in total. The average molecular weight is 226 g/mol. The largest absolute Gasteiger partial charge is 0.464 e. The van der Waals surface area contributed by atoms with Gasteiger partial charge in [-0.1, -0.05) is 0 Å². The normalized spacial score (nSPS) is 11.9. The number of methoxy groups -OCH3 is 1. The molecular formula is C10H14N2O4. The minimum atomic E-state index is -0.838. The minimum Gasteiger partial charge on any atom is -0.464 e. The lowest BCUT2D eigenvalue weighted by Gasteiger charge is -2.10. The number of anilines is 1. The second-order valence-electron chi connectivity index (χ2n) is 3.14. The van der Waals surface area contributed by atoms with E-state index in [1.807, 2.05) is 0 Å². The summed E-state index contributed by atoms with van der Waals surface area (Å²) in [6, 6.07) is 3.16. The smallest absolute Gasteiger partial charge is 0.356 e. The summed E-state index contributed by atoms with van der Waals surface area (Å²) >= 11 is 0. The number of aliphatic hydroxyl groups is 2. The standard InChI is InChI=1S/C10H14N2O4/c1-16-10(15)9-4-7(2-3-11-9)12-5-8(14)6-13/h2-4,8,13-14H,5-6H2,1H3,(H,11,12). The summed E-state index contributed by atoms with van der Waals surface area (Å²) in [6.45, 7) is -0.122. The van der Waals surface area contributed by atoms with Crippen molar-refractivity contribution in [3.8, 4) is 0 Å². The third-order valence-corrected chi connectivity index (χ3v) is 1.91. The Morgan fingerprint density at radius 1 is 1.69 bits per heavy atom. The molecule has 1 unspecified atom stereocenters. The molecule has 0 saturated heterocycles. The summed E-state index contributed by atoms with van der Waals surface area (Å²) in [5.41, 5.74) is 0.814. The van der Waals surface area contributed by atoms with Gasteiger partial charge in [-0.15, -0.1) is 0 Å². The summed E-state index contributed by atoms with van der Waals surface area (Å²) in [4.78, 5) is 15.0. The SMILES string of the molecule is COC(=O)c1cc(NCC(O)CO)ccn1. The Morgan fingerprint density at radius 2 is 2.44 bits per heavy atom. The maximum atomic E-state index is 11.2. The fraction of sp³-hybridized carbons (Fsp3) is 0.400. The summed E-state index contributed by atoms with van der Waals surface area (Å²) in [5, 5.41) is 20.6. The van der Waals surface area contributed by atoms with E-state index in [-0.39, 0.29) is 18.8 Å². The van der Waals surface area contributed by atoms with Crippen molar-refractivity contribution in [2.75, 3.05) is 25.6 Å². The molecule has 6 heteroatoms. The van der Waals surface area contributed by atoms with Gasteiger partial charge in [-0.2, -0.15) is 0 Å². The lowest BCUT2D eigenvalue weighted by Crippen LogP contribution is -2.23. The molecule has 0 fully saturated rings. The molecule has 0 aliphatic heterocycles.